The number of methoxy groups -OCH3 is 1. The average molecular weight is 439 g/mol. The highest BCUT2D eigenvalue weighted by Crippen LogP contribution is 2.13. The van der Waals surface area contributed by atoms with E-state index < -0.39 is 10.0 Å². The number of hydrogen-bond donors (Lipinski definition) is 2. The first-order valence-electron chi connectivity index (χ1n) is 9.98. The van der Waals surface area contributed by atoms with Crippen molar-refractivity contribution in [3.05, 3.63) is 95.6 Å². The number of carbonyl (C=O) groups excluding carboxylic acids is 1. The van der Waals surface area contributed by atoms with E-state index in [2.05, 4.69) is 10.0 Å². The summed E-state index contributed by atoms with van der Waals surface area (Å²) in [6, 6.07) is 23.5. The third-order valence-corrected chi connectivity index (χ3v) is 6.25. The first kappa shape index (κ1) is 22.5. The van der Waals surface area contributed by atoms with Crippen LogP contribution in [0.2, 0.25) is 0 Å². The molecule has 0 unspecified atom stereocenters. The Bertz CT molecular complexity index is 1080. The molecule has 1 amide bonds. The fourth-order valence-electron chi connectivity index (χ4n) is 2.98. The van der Waals surface area contributed by atoms with Gasteiger partial charge in [0, 0.05) is 19.5 Å². The molecule has 2 N–H and O–H groups in total. The van der Waals surface area contributed by atoms with Gasteiger partial charge in [0.15, 0.2) is 0 Å². The highest BCUT2D eigenvalue weighted by Gasteiger charge is 2.13. The van der Waals surface area contributed by atoms with E-state index in [0.29, 0.717) is 19.4 Å². The van der Waals surface area contributed by atoms with Crippen LogP contribution in [0.15, 0.2) is 83.8 Å². The maximum absolute atomic E-state index is 12.5. The number of aryl methyl sites for hydroxylation is 1. The normalized spacial score (nSPS) is 11.1. The predicted octanol–water partition coefficient (Wildman–Crippen LogP) is 3.42. The monoisotopic (exact) mass is 438 g/mol. The molecule has 0 spiro atoms. The van der Waals surface area contributed by atoms with Crippen molar-refractivity contribution >= 4 is 15.9 Å². The molecule has 7 heteroatoms. The van der Waals surface area contributed by atoms with Gasteiger partial charge in [0.1, 0.15) is 5.75 Å². The van der Waals surface area contributed by atoms with Crippen LogP contribution in [0.5, 0.6) is 5.75 Å². The lowest BCUT2D eigenvalue weighted by atomic mass is 10.1. The molecule has 0 saturated carbocycles. The van der Waals surface area contributed by atoms with Crippen LogP contribution in [0.1, 0.15) is 23.1 Å². The summed E-state index contributed by atoms with van der Waals surface area (Å²) in [7, 11) is -1.98. The van der Waals surface area contributed by atoms with Gasteiger partial charge in [0.2, 0.25) is 15.9 Å². The van der Waals surface area contributed by atoms with Crippen LogP contribution < -0.4 is 14.8 Å². The van der Waals surface area contributed by atoms with Crippen molar-refractivity contribution in [3.63, 3.8) is 0 Å². The van der Waals surface area contributed by atoms with E-state index in [1.165, 1.54) is 0 Å². The van der Waals surface area contributed by atoms with E-state index in [1.807, 2.05) is 54.6 Å². The molecule has 0 heterocycles. The Kier molecular flexibility index (Phi) is 7.81. The van der Waals surface area contributed by atoms with Gasteiger partial charge in [-0.2, -0.15) is 0 Å². The molecule has 0 aliphatic heterocycles. The summed E-state index contributed by atoms with van der Waals surface area (Å²) in [6.45, 7) is 0.687. The SMILES string of the molecule is COc1ccc(CNC(=O)CCc2ccc(S(=O)(=O)NCc3ccccc3)cc2)cc1. The number of nitrogens with one attached hydrogen (secondary N) is 2. The summed E-state index contributed by atoms with van der Waals surface area (Å²) < 4.78 is 32.6. The highest BCUT2D eigenvalue weighted by molar-refractivity contribution is 7.89. The second-order valence-corrected chi connectivity index (χ2v) is 8.85. The molecule has 0 aliphatic carbocycles. The zero-order valence-electron chi connectivity index (χ0n) is 17.4. The lowest BCUT2D eigenvalue weighted by molar-refractivity contribution is -0.121. The van der Waals surface area contributed by atoms with Gasteiger partial charge in [-0.3, -0.25) is 4.79 Å². The lowest BCUT2D eigenvalue weighted by Gasteiger charge is -2.09. The van der Waals surface area contributed by atoms with Crippen LogP contribution in [0.4, 0.5) is 0 Å². The van der Waals surface area contributed by atoms with Gasteiger partial charge in [-0.15, -0.1) is 0 Å². The standard InChI is InChI=1S/C24H26N2O4S/c1-30-22-12-7-21(8-13-22)17-25-24(27)16-11-19-9-14-23(15-10-19)31(28,29)26-18-20-5-3-2-4-6-20/h2-10,12-15,26H,11,16-18H2,1H3,(H,25,27). The second-order valence-electron chi connectivity index (χ2n) is 7.08. The molecule has 162 valence electrons. The molecular formula is C24H26N2O4S. The number of ether oxygens (including phenoxy) is 1. The topological polar surface area (TPSA) is 84.5 Å². The van der Waals surface area contributed by atoms with Gasteiger partial charge in [0.05, 0.1) is 12.0 Å². The van der Waals surface area contributed by atoms with Gasteiger partial charge in [0.25, 0.3) is 0 Å². The van der Waals surface area contributed by atoms with Crippen LogP contribution in [0, 0.1) is 0 Å². The third-order valence-electron chi connectivity index (χ3n) is 4.83. The first-order chi connectivity index (χ1) is 15.0. The van der Waals surface area contributed by atoms with E-state index >= 15 is 0 Å². The Hall–Kier alpha value is -3.16. The van der Waals surface area contributed by atoms with E-state index in [9.17, 15) is 13.2 Å². The van der Waals surface area contributed by atoms with E-state index in [4.69, 9.17) is 4.74 Å². The number of sulfonamides is 1. The first-order valence-corrected chi connectivity index (χ1v) is 11.5. The molecule has 6 nitrogen and oxygen atoms in total. The number of amides is 1. The fraction of sp³-hybridized carbons (Fsp3) is 0.208. The third kappa shape index (κ3) is 6.94. The number of benzene rings is 3. The van der Waals surface area contributed by atoms with Gasteiger partial charge >= 0.3 is 0 Å². The average Bonchev–Trinajstić information content (AvgIpc) is 2.81. The van der Waals surface area contributed by atoms with Crippen LogP contribution in [-0.4, -0.2) is 21.4 Å². The molecule has 3 aromatic carbocycles. The van der Waals surface area contributed by atoms with Crippen molar-refractivity contribution in [1.29, 1.82) is 0 Å². The van der Waals surface area contributed by atoms with Gasteiger partial charge < -0.3 is 10.1 Å². The zero-order valence-corrected chi connectivity index (χ0v) is 18.2. The smallest absolute Gasteiger partial charge is 0.240 e. The summed E-state index contributed by atoms with van der Waals surface area (Å²) in [6.07, 6.45) is 0.862. The predicted molar refractivity (Wildman–Crippen MR) is 120 cm³/mol. The molecule has 0 atom stereocenters. The quantitative estimate of drug-likeness (QED) is 0.508. The van der Waals surface area contributed by atoms with E-state index in [0.717, 1.165) is 22.4 Å². The molecule has 0 bridgehead atoms. The minimum atomic E-state index is -3.59. The summed E-state index contributed by atoms with van der Waals surface area (Å²) in [5.41, 5.74) is 2.79. The van der Waals surface area contributed by atoms with Crippen LogP contribution in [0.3, 0.4) is 0 Å². The Morgan fingerprint density at radius 1 is 0.806 bits per heavy atom. The maximum atomic E-state index is 12.5. The van der Waals surface area contributed by atoms with Crippen LogP contribution in [-0.2, 0) is 34.3 Å². The molecule has 0 aromatic heterocycles. The van der Waals surface area contributed by atoms with Crippen LogP contribution in [0.25, 0.3) is 0 Å². The van der Waals surface area contributed by atoms with Gasteiger partial charge in [-0.1, -0.05) is 54.6 Å². The van der Waals surface area contributed by atoms with Crippen molar-refractivity contribution in [2.45, 2.75) is 30.8 Å². The minimum absolute atomic E-state index is 0.0583. The molecule has 0 saturated heterocycles. The molecule has 0 fully saturated rings. The van der Waals surface area contributed by atoms with E-state index in [1.54, 1.807) is 31.4 Å². The van der Waals surface area contributed by atoms with Crippen molar-refractivity contribution in [3.8, 4) is 5.75 Å². The molecule has 3 aromatic rings. The number of rotatable bonds is 10. The number of carbonyl (C=O) groups is 1. The Morgan fingerprint density at radius 2 is 1.42 bits per heavy atom. The Labute approximate surface area is 183 Å². The maximum Gasteiger partial charge on any atom is 0.240 e. The van der Waals surface area contributed by atoms with Crippen molar-refractivity contribution in [2.75, 3.05) is 7.11 Å². The highest BCUT2D eigenvalue weighted by atomic mass is 32.2. The van der Waals surface area contributed by atoms with Gasteiger partial charge in [-0.05, 0) is 47.4 Å². The van der Waals surface area contributed by atoms with Gasteiger partial charge in [-0.25, -0.2) is 13.1 Å². The van der Waals surface area contributed by atoms with Crippen molar-refractivity contribution < 1.29 is 17.9 Å². The summed E-state index contributed by atoms with van der Waals surface area (Å²) in [5, 5.41) is 2.89. The van der Waals surface area contributed by atoms with Crippen LogP contribution >= 0.6 is 0 Å². The number of hydrogen-bond acceptors (Lipinski definition) is 4. The fourth-order valence-corrected chi connectivity index (χ4v) is 4.00. The minimum Gasteiger partial charge on any atom is -0.497 e. The van der Waals surface area contributed by atoms with Crippen molar-refractivity contribution in [2.24, 2.45) is 0 Å². The molecule has 3 rings (SSSR count). The largest absolute Gasteiger partial charge is 0.497 e. The Balaban J connectivity index is 1.46. The zero-order chi connectivity index (χ0) is 22.1. The molecule has 31 heavy (non-hydrogen) atoms. The van der Waals surface area contributed by atoms with Crippen molar-refractivity contribution in [1.82, 2.24) is 10.0 Å². The lowest BCUT2D eigenvalue weighted by Crippen LogP contribution is -2.23. The summed E-state index contributed by atoms with van der Waals surface area (Å²) in [4.78, 5) is 12.3. The molecular weight excluding hydrogens is 412 g/mol. The summed E-state index contributed by atoms with van der Waals surface area (Å²) >= 11 is 0. The summed E-state index contributed by atoms with van der Waals surface area (Å²) in [5.74, 6) is 0.716. The van der Waals surface area contributed by atoms with E-state index in [-0.39, 0.29) is 17.3 Å². The molecule has 0 radical (unpaired) electrons. The molecule has 0 aliphatic rings. The second kappa shape index (κ2) is 10.7. The Morgan fingerprint density at radius 3 is 2.06 bits per heavy atom.